The van der Waals surface area contributed by atoms with Gasteiger partial charge in [0.05, 0.1) is 41.1 Å². The predicted molar refractivity (Wildman–Crippen MR) is 218 cm³/mol. The third-order valence-corrected chi connectivity index (χ3v) is 8.64. The summed E-state index contributed by atoms with van der Waals surface area (Å²) >= 11 is 0. The highest BCUT2D eigenvalue weighted by Crippen LogP contribution is 2.47. The van der Waals surface area contributed by atoms with Crippen LogP contribution >= 0.6 is 0 Å². The molecule has 0 fully saturated rings. The van der Waals surface area contributed by atoms with Gasteiger partial charge in [0.25, 0.3) is 0 Å². The van der Waals surface area contributed by atoms with E-state index in [0.29, 0.717) is 0 Å². The number of rotatable bonds is 3. The lowest BCUT2D eigenvalue weighted by Gasteiger charge is -2.19. The molecule has 1 aromatic heterocycles. The summed E-state index contributed by atoms with van der Waals surface area (Å²) < 4.78 is 279. The monoisotopic (exact) mass is 676 g/mol. The smallest absolute Gasteiger partial charge is 0.136 e. The molecule has 11 rings (SSSR count). The molecule has 0 bridgehead atoms. The fourth-order valence-corrected chi connectivity index (χ4v) is 6.51. The van der Waals surface area contributed by atoms with E-state index in [9.17, 15) is 15.1 Å². The van der Waals surface area contributed by atoms with E-state index in [-0.39, 0.29) is 0 Å². The van der Waals surface area contributed by atoms with Crippen molar-refractivity contribution in [3.8, 4) is 33.4 Å². The SMILES string of the molecule is [2H]c1c([2H])c(-c2c([2H])c([2H])c([2H])c3oc4c([2H])c([2H])c5c([2H])c([2H])c([2H])c([2H])c5c4c23)c([2H])c([2H])c1-c1c2c([2H])c([2H])c([2H])c([2H])c2c(-c2c([2H])c([2H])c([2H])c3c2c([2H])c([2H])c2c([2H])c([2H])c([2H])c([2H])c23)c2c([2H])c([2H])c([2H])c([2H])c12. The van der Waals surface area contributed by atoms with Crippen molar-refractivity contribution in [2.24, 2.45) is 0 Å². The van der Waals surface area contributed by atoms with Crippen molar-refractivity contribution in [3.63, 3.8) is 0 Å². The molecule has 236 valence electrons. The normalized spacial score (nSPS) is 20.2. The summed E-state index contributed by atoms with van der Waals surface area (Å²) in [7, 11) is 0. The Morgan fingerprint density at radius 3 is 1.53 bits per heavy atom. The molecule has 10 aromatic carbocycles. The summed E-state index contributed by atoms with van der Waals surface area (Å²) in [6.45, 7) is 0. The molecule has 0 atom stereocenters. The van der Waals surface area contributed by atoms with Gasteiger partial charge in [-0.3, -0.25) is 0 Å². The topological polar surface area (TPSA) is 13.1 Å². The van der Waals surface area contributed by atoms with Crippen molar-refractivity contribution in [1.82, 2.24) is 0 Å². The Hall–Kier alpha value is -6.70. The Bertz CT molecular complexity index is 4820. The van der Waals surface area contributed by atoms with Crippen LogP contribution in [0, 0.1) is 0 Å². The summed E-state index contributed by atoms with van der Waals surface area (Å²) in [6.07, 6.45) is 0. The fourth-order valence-electron chi connectivity index (χ4n) is 6.51. The van der Waals surface area contributed by atoms with Gasteiger partial charge in [-0.25, -0.2) is 0 Å². The second-order valence-corrected chi connectivity index (χ2v) is 11.3. The van der Waals surface area contributed by atoms with E-state index in [1.807, 2.05) is 0 Å². The molecule has 0 radical (unpaired) electrons. The molecule has 0 saturated heterocycles. The molecular formula is C50H30O. The van der Waals surface area contributed by atoms with Gasteiger partial charge in [0.15, 0.2) is 0 Å². The zero-order valence-electron chi connectivity index (χ0n) is 55.4. The van der Waals surface area contributed by atoms with E-state index in [0.717, 1.165) is 0 Å². The maximum Gasteiger partial charge on any atom is 0.136 e. The van der Waals surface area contributed by atoms with Crippen LogP contribution in [-0.4, -0.2) is 0 Å². The van der Waals surface area contributed by atoms with Crippen LogP contribution in [0.2, 0.25) is 0 Å². The molecule has 0 aliphatic carbocycles. The second-order valence-electron chi connectivity index (χ2n) is 11.3. The van der Waals surface area contributed by atoms with Crippen molar-refractivity contribution < 1.29 is 45.5 Å². The number of fused-ring (bicyclic) bond motifs is 10. The lowest BCUT2D eigenvalue weighted by Crippen LogP contribution is -1.92. The van der Waals surface area contributed by atoms with Gasteiger partial charge in [-0.15, -0.1) is 0 Å². The van der Waals surface area contributed by atoms with Crippen molar-refractivity contribution >= 4 is 75.8 Å². The van der Waals surface area contributed by atoms with Crippen molar-refractivity contribution in [2.75, 3.05) is 0 Å². The number of benzene rings is 10. The first kappa shape index (κ1) is 11.7. The molecule has 51 heavy (non-hydrogen) atoms. The van der Waals surface area contributed by atoms with E-state index >= 15 is 0 Å². The molecule has 11 aromatic rings. The Kier molecular flexibility index (Phi) is 2.50. The van der Waals surface area contributed by atoms with Gasteiger partial charge in [0.1, 0.15) is 11.2 Å². The highest BCUT2D eigenvalue weighted by atomic mass is 16.3. The van der Waals surface area contributed by atoms with Crippen LogP contribution in [0.25, 0.3) is 109 Å². The van der Waals surface area contributed by atoms with Crippen LogP contribution in [0.5, 0.6) is 0 Å². The highest BCUT2D eigenvalue weighted by Gasteiger charge is 2.19. The summed E-state index contributed by atoms with van der Waals surface area (Å²) in [4.78, 5) is 0. The van der Waals surface area contributed by atoms with Gasteiger partial charge < -0.3 is 4.42 Å². The quantitative estimate of drug-likeness (QED) is 0.134. The fraction of sp³-hybridized carbons (Fsp3) is 0. The van der Waals surface area contributed by atoms with E-state index in [2.05, 4.69) is 0 Å². The van der Waals surface area contributed by atoms with Crippen molar-refractivity contribution in [1.29, 1.82) is 0 Å². The number of furan rings is 1. The zero-order chi connectivity index (χ0) is 59.6. The van der Waals surface area contributed by atoms with Crippen LogP contribution in [0.4, 0.5) is 0 Å². The third-order valence-electron chi connectivity index (χ3n) is 8.64. The van der Waals surface area contributed by atoms with E-state index in [1.165, 1.54) is 0 Å². The first-order valence-electron chi connectivity index (χ1n) is 30.2. The highest BCUT2D eigenvalue weighted by molar-refractivity contribution is 6.25. The largest absolute Gasteiger partial charge is 0.456 e. The van der Waals surface area contributed by atoms with Crippen LogP contribution in [0.15, 0.2) is 186 Å². The molecule has 0 spiro atoms. The van der Waals surface area contributed by atoms with Crippen LogP contribution in [0.3, 0.4) is 0 Å². The van der Waals surface area contributed by atoms with Gasteiger partial charge >= 0.3 is 0 Å². The van der Waals surface area contributed by atoms with E-state index < -0.39 is 290 Å². The first-order valence-corrected chi connectivity index (χ1v) is 15.2. The molecule has 0 N–H and O–H groups in total. The second kappa shape index (κ2) is 10.9. The van der Waals surface area contributed by atoms with Crippen LogP contribution in [0.1, 0.15) is 41.1 Å². The van der Waals surface area contributed by atoms with E-state index in [1.54, 1.807) is 0 Å². The number of hydrogen-bond acceptors (Lipinski definition) is 1. The molecule has 1 heterocycles. The molecule has 0 saturated carbocycles. The number of hydrogen-bond donors (Lipinski definition) is 0. The van der Waals surface area contributed by atoms with Gasteiger partial charge in [-0.1, -0.05) is 169 Å². The average Bonchev–Trinajstić information content (AvgIpc) is 3.03. The van der Waals surface area contributed by atoms with Gasteiger partial charge in [0, 0.05) is 10.8 Å². The molecular weight excluding hydrogens is 617 g/mol. The minimum atomic E-state index is -1.14. The minimum absolute atomic E-state index is 0.428. The van der Waals surface area contributed by atoms with Crippen LogP contribution in [-0.2, 0) is 0 Å². The molecule has 0 amide bonds. The predicted octanol–water partition coefficient (Wildman–Crippen LogP) is 14.4. The lowest BCUT2D eigenvalue weighted by molar-refractivity contribution is 0.669. The standard InChI is InChI=1S/C50H30O/c1-3-13-35-31(11-1)27-29-39-38(35)20-9-21-40(39)48-43-17-7-5-15-41(43)47(42-16-6-8-18-44(42)48)34-25-23-33(24-26-34)37-19-10-22-45-49(37)50-36-14-4-2-12-32(36)28-30-46(50)51-45/h1-30H/i1D,2D,3D,4D,5D,6D,7D,8D,9D,10D,11D,12D,13D,14D,15D,16D,17D,18D,19D,20D,21D,22D,23D,24D,25D,26D,27D,28D,29D,30D. The summed E-state index contributed by atoms with van der Waals surface area (Å²) in [5, 5.41) is -7.54. The van der Waals surface area contributed by atoms with Gasteiger partial charge in [0.2, 0.25) is 0 Å². The zero-order valence-corrected chi connectivity index (χ0v) is 25.4. The lowest BCUT2D eigenvalue weighted by atomic mass is 9.84. The maximum absolute atomic E-state index is 9.79. The van der Waals surface area contributed by atoms with E-state index in [4.69, 9.17) is 30.5 Å². The first-order chi connectivity index (χ1) is 37.8. The Morgan fingerprint density at radius 1 is 0.294 bits per heavy atom. The Labute approximate surface area is 336 Å². The average molecular weight is 677 g/mol. The maximum atomic E-state index is 9.79. The summed E-state index contributed by atoms with van der Waals surface area (Å²) in [6, 6.07) is -28.4. The Morgan fingerprint density at radius 2 is 0.804 bits per heavy atom. The molecule has 0 unspecified atom stereocenters. The van der Waals surface area contributed by atoms with Gasteiger partial charge in [-0.05, 0) is 99.3 Å². The molecule has 1 heteroatoms. The molecule has 0 aliphatic rings. The minimum Gasteiger partial charge on any atom is -0.456 e. The Balaban J connectivity index is 1.39. The van der Waals surface area contributed by atoms with Crippen molar-refractivity contribution in [2.45, 2.75) is 0 Å². The third kappa shape index (κ3) is 4.16. The summed E-state index contributed by atoms with van der Waals surface area (Å²) in [5.41, 5.74) is -6.02. The molecule has 0 aliphatic heterocycles. The van der Waals surface area contributed by atoms with Gasteiger partial charge in [-0.2, -0.15) is 0 Å². The van der Waals surface area contributed by atoms with Crippen LogP contribution < -0.4 is 0 Å². The molecule has 1 nitrogen and oxygen atoms in total. The summed E-state index contributed by atoms with van der Waals surface area (Å²) in [5.74, 6) is 0. The van der Waals surface area contributed by atoms with Crippen molar-refractivity contribution in [3.05, 3.63) is 181 Å².